The van der Waals surface area contributed by atoms with E-state index in [2.05, 4.69) is 29.6 Å². The lowest BCUT2D eigenvalue weighted by atomic mass is 9.95. The molecule has 120 valence electrons. The van der Waals surface area contributed by atoms with E-state index < -0.39 is 5.60 Å². The zero-order valence-corrected chi connectivity index (χ0v) is 14.4. The summed E-state index contributed by atoms with van der Waals surface area (Å²) >= 11 is 1.80. The number of carbonyl (C=O) groups excluding carboxylic acids is 1. The fourth-order valence-corrected chi connectivity index (χ4v) is 3.80. The van der Waals surface area contributed by atoms with Crippen LogP contribution in [0.3, 0.4) is 0 Å². The Hall–Kier alpha value is -1.94. The first-order valence-electron chi connectivity index (χ1n) is 7.73. The van der Waals surface area contributed by atoms with Crippen LogP contribution in [0.15, 0.2) is 53.4 Å². The molecule has 1 amide bonds. The average molecular weight is 327 g/mol. The number of fused-ring (bicyclic) bond motifs is 2. The maximum absolute atomic E-state index is 12.3. The molecule has 2 aromatic rings. The highest BCUT2D eigenvalue weighted by Gasteiger charge is 2.27. The van der Waals surface area contributed by atoms with E-state index in [-0.39, 0.29) is 12.1 Å². The van der Waals surface area contributed by atoms with Gasteiger partial charge in [-0.2, -0.15) is 0 Å². The summed E-state index contributed by atoms with van der Waals surface area (Å²) in [4.78, 5) is 13.5. The number of thioether (sulfide) groups is 1. The molecule has 23 heavy (non-hydrogen) atoms. The summed E-state index contributed by atoms with van der Waals surface area (Å²) in [5.74, 6) is 0.902. The van der Waals surface area contributed by atoms with Gasteiger partial charge in [-0.3, -0.25) is 0 Å². The van der Waals surface area contributed by atoms with Crippen LogP contribution in [0.25, 0.3) is 0 Å². The van der Waals surface area contributed by atoms with Crippen molar-refractivity contribution in [3.63, 3.8) is 0 Å². The Kier molecular flexibility index (Phi) is 4.35. The molecule has 0 aromatic heterocycles. The first-order valence-corrected chi connectivity index (χ1v) is 8.72. The smallest absolute Gasteiger partial charge is 0.408 e. The van der Waals surface area contributed by atoms with Gasteiger partial charge in [0, 0.05) is 10.6 Å². The van der Waals surface area contributed by atoms with E-state index in [9.17, 15) is 4.79 Å². The molecule has 1 heterocycles. The Morgan fingerprint density at radius 2 is 1.74 bits per heavy atom. The van der Waals surface area contributed by atoms with E-state index in [1.165, 1.54) is 10.5 Å². The molecule has 1 aliphatic heterocycles. The molecule has 1 atom stereocenters. The SMILES string of the molecule is CC(C)(C)OC(=O)NC1c2ccccc2CSc2ccccc21. The largest absolute Gasteiger partial charge is 0.444 e. The quantitative estimate of drug-likeness (QED) is 0.809. The minimum Gasteiger partial charge on any atom is -0.444 e. The van der Waals surface area contributed by atoms with Crippen LogP contribution in [0.5, 0.6) is 0 Å². The number of nitrogens with one attached hydrogen (secondary N) is 1. The van der Waals surface area contributed by atoms with E-state index in [0.717, 1.165) is 16.9 Å². The number of hydrogen-bond acceptors (Lipinski definition) is 3. The van der Waals surface area contributed by atoms with E-state index >= 15 is 0 Å². The third-order valence-corrected chi connectivity index (χ3v) is 4.78. The Balaban J connectivity index is 1.98. The van der Waals surface area contributed by atoms with E-state index in [1.54, 1.807) is 11.8 Å². The molecule has 0 fully saturated rings. The van der Waals surface area contributed by atoms with Gasteiger partial charge in [-0.15, -0.1) is 11.8 Å². The van der Waals surface area contributed by atoms with Crippen LogP contribution in [-0.4, -0.2) is 11.7 Å². The first kappa shape index (κ1) is 15.9. The van der Waals surface area contributed by atoms with Gasteiger partial charge < -0.3 is 10.1 Å². The van der Waals surface area contributed by atoms with Gasteiger partial charge in [-0.25, -0.2) is 4.79 Å². The van der Waals surface area contributed by atoms with Gasteiger partial charge in [0.2, 0.25) is 0 Å². The highest BCUT2D eigenvalue weighted by atomic mass is 32.2. The summed E-state index contributed by atoms with van der Waals surface area (Å²) in [5, 5.41) is 3.05. The van der Waals surface area contributed by atoms with Gasteiger partial charge in [-0.1, -0.05) is 42.5 Å². The maximum atomic E-state index is 12.3. The summed E-state index contributed by atoms with van der Waals surface area (Å²) in [6.45, 7) is 5.62. The number of alkyl carbamates (subject to hydrolysis) is 1. The van der Waals surface area contributed by atoms with E-state index in [4.69, 9.17) is 4.74 Å². The lowest BCUT2D eigenvalue weighted by molar-refractivity contribution is 0.0511. The zero-order valence-electron chi connectivity index (χ0n) is 13.6. The Morgan fingerprint density at radius 3 is 2.48 bits per heavy atom. The molecule has 3 nitrogen and oxygen atoms in total. The predicted molar refractivity (Wildman–Crippen MR) is 93.7 cm³/mol. The van der Waals surface area contributed by atoms with Crippen molar-refractivity contribution in [3.8, 4) is 0 Å². The summed E-state index contributed by atoms with van der Waals surface area (Å²) < 4.78 is 5.45. The first-order chi connectivity index (χ1) is 10.9. The minimum absolute atomic E-state index is 0.188. The molecule has 0 spiro atoms. The Bertz CT molecular complexity index is 674. The van der Waals surface area contributed by atoms with E-state index in [1.807, 2.05) is 45.0 Å². The number of carbonyl (C=O) groups is 1. The number of ether oxygens (including phenoxy) is 1. The van der Waals surface area contributed by atoms with Gasteiger partial charge in [0.15, 0.2) is 0 Å². The highest BCUT2D eigenvalue weighted by Crippen LogP contribution is 2.39. The van der Waals surface area contributed by atoms with Crippen molar-refractivity contribution in [3.05, 3.63) is 65.2 Å². The monoisotopic (exact) mass is 327 g/mol. The van der Waals surface area contributed by atoms with Crippen LogP contribution in [0.2, 0.25) is 0 Å². The van der Waals surface area contributed by atoms with Gasteiger partial charge in [-0.05, 0) is 43.5 Å². The number of amides is 1. The maximum Gasteiger partial charge on any atom is 0.408 e. The second-order valence-electron chi connectivity index (χ2n) is 6.60. The fourth-order valence-electron chi connectivity index (χ4n) is 2.70. The van der Waals surface area contributed by atoms with Crippen LogP contribution >= 0.6 is 11.8 Å². The molecule has 0 bridgehead atoms. The molecule has 0 saturated heterocycles. The van der Waals surface area contributed by atoms with Crippen molar-refractivity contribution in [2.75, 3.05) is 0 Å². The topological polar surface area (TPSA) is 38.3 Å². The lowest BCUT2D eigenvalue weighted by Gasteiger charge is -2.25. The van der Waals surface area contributed by atoms with Crippen LogP contribution < -0.4 is 5.32 Å². The fraction of sp³-hybridized carbons (Fsp3) is 0.316. The number of benzene rings is 2. The molecule has 1 unspecified atom stereocenters. The van der Waals surface area contributed by atoms with Crippen LogP contribution in [0.1, 0.15) is 43.5 Å². The normalized spacial score (nSPS) is 16.7. The summed E-state index contributed by atoms with van der Waals surface area (Å²) in [6, 6.07) is 16.3. The van der Waals surface area contributed by atoms with Crippen molar-refractivity contribution < 1.29 is 9.53 Å². The molecular weight excluding hydrogens is 306 g/mol. The average Bonchev–Trinajstić information content (AvgIpc) is 2.64. The van der Waals surface area contributed by atoms with Crippen LogP contribution in [0.4, 0.5) is 4.79 Å². The van der Waals surface area contributed by atoms with Crippen molar-refractivity contribution >= 4 is 17.9 Å². The second-order valence-corrected chi connectivity index (χ2v) is 7.62. The van der Waals surface area contributed by atoms with Crippen molar-refractivity contribution in [2.45, 2.75) is 43.1 Å². The van der Waals surface area contributed by atoms with Crippen LogP contribution in [0, 0.1) is 0 Å². The second kappa shape index (κ2) is 6.28. The Morgan fingerprint density at radius 1 is 1.09 bits per heavy atom. The molecular formula is C19H21NO2S. The molecule has 0 saturated carbocycles. The van der Waals surface area contributed by atoms with Gasteiger partial charge in [0.25, 0.3) is 0 Å². The van der Waals surface area contributed by atoms with Crippen molar-refractivity contribution in [1.82, 2.24) is 5.32 Å². The third kappa shape index (κ3) is 3.70. The van der Waals surface area contributed by atoms with Crippen LogP contribution in [-0.2, 0) is 10.5 Å². The van der Waals surface area contributed by atoms with Crippen molar-refractivity contribution in [2.24, 2.45) is 0 Å². The molecule has 1 N–H and O–H groups in total. The molecule has 3 rings (SSSR count). The lowest BCUT2D eigenvalue weighted by Crippen LogP contribution is -2.35. The molecule has 4 heteroatoms. The standard InChI is InChI=1S/C19H21NO2S/c1-19(2,3)22-18(21)20-17-14-9-5-4-8-13(14)12-23-16-11-7-6-10-15(16)17/h4-11,17H,12H2,1-3H3,(H,20,21). The number of rotatable bonds is 1. The highest BCUT2D eigenvalue weighted by molar-refractivity contribution is 7.98. The Labute approximate surface area is 141 Å². The summed E-state index contributed by atoms with van der Waals surface area (Å²) in [7, 11) is 0. The molecule has 2 aromatic carbocycles. The summed E-state index contributed by atoms with van der Waals surface area (Å²) in [5.41, 5.74) is 2.99. The van der Waals surface area contributed by atoms with Gasteiger partial charge in [0.05, 0.1) is 6.04 Å². The molecule has 0 radical (unpaired) electrons. The summed E-state index contributed by atoms with van der Waals surface area (Å²) in [6.07, 6.45) is -0.390. The predicted octanol–water partition coefficient (Wildman–Crippen LogP) is 4.91. The van der Waals surface area contributed by atoms with E-state index in [0.29, 0.717) is 0 Å². The van der Waals surface area contributed by atoms with Gasteiger partial charge in [0.1, 0.15) is 5.60 Å². The zero-order chi connectivity index (χ0) is 16.4. The third-order valence-electron chi connectivity index (χ3n) is 3.64. The van der Waals surface area contributed by atoms with Crippen molar-refractivity contribution in [1.29, 1.82) is 0 Å². The minimum atomic E-state index is -0.511. The molecule has 0 aliphatic carbocycles. The number of hydrogen-bond donors (Lipinski definition) is 1. The van der Waals surface area contributed by atoms with Gasteiger partial charge >= 0.3 is 6.09 Å². The molecule has 1 aliphatic rings.